The van der Waals surface area contributed by atoms with E-state index in [1.807, 2.05) is 30.3 Å². The van der Waals surface area contributed by atoms with E-state index in [0.29, 0.717) is 5.56 Å². The summed E-state index contributed by atoms with van der Waals surface area (Å²) in [6.45, 7) is 0. The fourth-order valence-electron chi connectivity index (χ4n) is 2.08. The van der Waals surface area contributed by atoms with E-state index < -0.39 is 7.82 Å². The van der Waals surface area contributed by atoms with Crippen molar-refractivity contribution in [3.8, 4) is 34.1 Å². The quantitative estimate of drug-likeness (QED) is 0.798. The van der Waals surface area contributed by atoms with Gasteiger partial charge in [-0.05, 0) is 11.6 Å². The molecule has 0 fully saturated rings. The number of phosphoric ester groups is 1. The fourth-order valence-corrected chi connectivity index (χ4v) is 3.37. The van der Waals surface area contributed by atoms with Crippen LogP contribution in [0.3, 0.4) is 0 Å². The second kappa shape index (κ2) is 3.00. The summed E-state index contributed by atoms with van der Waals surface area (Å²) in [4.78, 5) is 0. The molecule has 1 N–H and O–H groups in total. The summed E-state index contributed by atoms with van der Waals surface area (Å²) in [7, 11) is -3.61. The maximum absolute atomic E-state index is 11.9. The lowest BCUT2D eigenvalue weighted by Crippen LogP contribution is -2.02. The first-order valence-electron chi connectivity index (χ1n) is 5.30. The van der Waals surface area contributed by atoms with Crippen LogP contribution in [0.25, 0.3) is 11.1 Å². The van der Waals surface area contributed by atoms with Crippen LogP contribution in [0.15, 0.2) is 36.4 Å². The van der Waals surface area contributed by atoms with Gasteiger partial charge in [0, 0.05) is 5.56 Å². The SMILES string of the molecule is O=P12Oc3cc(-c4ccccc4)c(c(c3O)O1)O2. The van der Waals surface area contributed by atoms with Gasteiger partial charge in [-0.2, -0.15) is 4.57 Å². The predicted octanol–water partition coefficient (Wildman–Crippen LogP) is 3.33. The van der Waals surface area contributed by atoms with Gasteiger partial charge in [-0.15, -0.1) is 0 Å². The maximum atomic E-state index is 11.9. The van der Waals surface area contributed by atoms with Gasteiger partial charge in [0.1, 0.15) is 0 Å². The van der Waals surface area contributed by atoms with Crippen LogP contribution in [0.4, 0.5) is 0 Å². The van der Waals surface area contributed by atoms with Gasteiger partial charge in [-0.3, -0.25) is 0 Å². The number of hydrogen-bond acceptors (Lipinski definition) is 5. The van der Waals surface area contributed by atoms with Crippen molar-refractivity contribution in [2.75, 3.05) is 0 Å². The number of benzene rings is 2. The largest absolute Gasteiger partial charge is 0.647 e. The summed E-state index contributed by atoms with van der Waals surface area (Å²) in [5, 5.41) is 9.79. The van der Waals surface area contributed by atoms with Gasteiger partial charge in [0.15, 0.2) is 11.5 Å². The predicted molar refractivity (Wildman–Crippen MR) is 63.0 cm³/mol. The molecule has 0 amide bonds. The minimum Gasteiger partial charge on any atom is -0.502 e. The third-order valence-corrected chi connectivity index (χ3v) is 4.11. The monoisotopic (exact) mass is 262 g/mol. The van der Waals surface area contributed by atoms with Crippen LogP contribution in [0.5, 0.6) is 23.0 Å². The van der Waals surface area contributed by atoms with Crippen molar-refractivity contribution >= 4 is 7.82 Å². The topological polar surface area (TPSA) is 65.0 Å². The highest BCUT2D eigenvalue weighted by atomic mass is 31.2. The van der Waals surface area contributed by atoms with Crippen molar-refractivity contribution in [1.29, 1.82) is 0 Å². The van der Waals surface area contributed by atoms with Gasteiger partial charge in [0.05, 0.1) is 0 Å². The molecule has 6 heteroatoms. The molecule has 2 heterocycles. The Labute approximate surface area is 102 Å². The average molecular weight is 262 g/mol. The number of aromatic hydroxyl groups is 1. The molecule has 0 saturated heterocycles. The Kier molecular flexibility index (Phi) is 1.64. The minimum absolute atomic E-state index is 0.0981. The molecule has 5 nitrogen and oxygen atoms in total. The summed E-state index contributed by atoms with van der Waals surface area (Å²) in [5.74, 6) is 0.317. The first-order valence-corrected chi connectivity index (χ1v) is 6.76. The standard InChI is InChI=1S/C12H7O5P/c13-10-9-6-8(7-4-2-1-3-5-7)11-12(10)17-18(14,15-9)16-11/h1-6,13H. The van der Waals surface area contributed by atoms with Crippen LogP contribution < -0.4 is 13.6 Å². The number of rotatable bonds is 1. The van der Waals surface area contributed by atoms with Gasteiger partial charge in [-0.1, -0.05) is 30.3 Å². The number of phenols is 1. The van der Waals surface area contributed by atoms with Gasteiger partial charge in [0.25, 0.3) is 0 Å². The van der Waals surface area contributed by atoms with Gasteiger partial charge in [0.2, 0.25) is 11.5 Å². The van der Waals surface area contributed by atoms with Gasteiger partial charge >= 0.3 is 7.82 Å². The Morgan fingerprint density at radius 2 is 1.72 bits per heavy atom. The van der Waals surface area contributed by atoms with Crippen LogP contribution in [-0.2, 0) is 4.57 Å². The second-order valence-corrected chi connectivity index (χ2v) is 5.46. The molecule has 0 spiro atoms. The zero-order valence-corrected chi connectivity index (χ0v) is 9.89. The summed E-state index contributed by atoms with van der Waals surface area (Å²) in [6.07, 6.45) is 0. The Morgan fingerprint density at radius 1 is 1.00 bits per heavy atom. The molecule has 4 rings (SSSR count). The fraction of sp³-hybridized carbons (Fsp3) is 0. The molecule has 0 radical (unpaired) electrons. The number of phenolic OH excluding ortho intramolecular Hbond substituents is 1. The number of fused-ring (bicyclic) bond motifs is 2. The van der Waals surface area contributed by atoms with Gasteiger partial charge in [-0.25, -0.2) is 0 Å². The number of phosphoric acid groups is 1. The molecule has 90 valence electrons. The minimum atomic E-state index is -3.61. The molecular weight excluding hydrogens is 255 g/mol. The maximum Gasteiger partial charge on any atom is 0.647 e. The molecule has 18 heavy (non-hydrogen) atoms. The summed E-state index contributed by atoms with van der Waals surface area (Å²) in [6, 6.07) is 11.0. The van der Waals surface area contributed by atoms with E-state index >= 15 is 0 Å². The van der Waals surface area contributed by atoms with E-state index in [0.717, 1.165) is 5.56 Å². The van der Waals surface area contributed by atoms with Crippen LogP contribution in [0, 0.1) is 0 Å². The summed E-state index contributed by atoms with van der Waals surface area (Å²) < 4.78 is 27.2. The highest BCUT2D eigenvalue weighted by Crippen LogP contribution is 2.70. The van der Waals surface area contributed by atoms with Crippen LogP contribution in [0.1, 0.15) is 0 Å². The molecule has 0 aromatic heterocycles. The lowest BCUT2D eigenvalue weighted by atomic mass is 10.0. The van der Waals surface area contributed by atoms with Gasteiger partial charge < -0.3 is 18.7 Å². The van der Waals surface area contributed by atoms with Crippen molar-refractivity contribution in [2.24, 2.45) is 0 Å². The van der Waals surface area contributed by atoms with E-state index in [-0.39, 0.29) is 23.0 Å². The molecule has 2 aromatic rings. The third-order valence-electron chi connectivity index (χ3n) is 2.88. The Bertz CT molecular complexity index is 704. The Morgan fingerprint density at radius 3 is 2.50 bits per heavy atom. The summed E-state index contributed by atoms with van der Waals surface area (Å²) in [5.41, 5.74) is 1.56. The van der Waals surface area contributed by atoms with Crippen molar-refractivity contribution in [3.05, 3.63) is 36.4 Å². The molecule has 2 aliphatic rings. The first-order chi connectivity index (χ1) is 8.66. The molecular formula is C12H7O5P. The first kappa shape index (κ1) is 9.85. The van der Waals surface area contributed by atoms with E-state index in [1.54, 1.807) is 6.07 Å². The normalized spacial score (nSPS) is 22.2. The van der Waals surface area contributed by atoms with Crippen molar-refractivity contribution in [2.45, 2.75) is 0 Å². The van der Waals surface area contributed by atoms with E-state index in [4.69, 9.17) is 13.6 Å². The van der Waals surface area contributed by atoms with Crippen LogP contribution in [-0.4, -0.2) is 5.11 Å². The van der Waals surface area contributed by atoms with E-state index in [2.05, 4.69) is 0 Å². The average Bonchev–Trinajstić information content (AvgIpc) is 2.58. The Balaban J connectivity index is 2.04. The van der Waals surface area contributed by atoms with Crippen LogP contribution in [0.2, 0.25) is 0 Å². The zero-order valence-electron chi connectivity index (χ0n) is 8.99. The van der Waals surface area contributed by atoms with E-state index in [1.165, 1.54) is 0 Å². The highest BCUT2D eigenvalue weighted by Gasteiger charge is 2.50. The molecule has 1 atom stereocenters. The van der Waals surface area contributed by atoms with Crippen molar-refractivity contribution < 1.29 is 23.2 Å². The van der Waals surface area contributed by atoms with Crippen molar-refractivity contribution in [1.82, 2.24) is 0 Å². The number of hydrogen-bond donors (Lipinski definition) is 1. The molecule has 3 bridgehead atoms. The van der Waals surface area contributed by atoms with E-state index in [9.17, 15) is 9.67 Å². The highest BCUT2D eigenvalue weighted by molar-refractivity contribution is 7.50. The second-order valence-electron chi connectivity index (χ2n) is 4.02. The molecule has 1 unspecified atom stereocenters. The molecule has 2 aromatic carbocycles. The molecule has 0 saturated carbocycles. The molecule has 2 aliphatic heterocycles. The molecule has 0 aliphatic carbocycles. The smallest absolute Gasteiger partial charge is 0.502 e. The lowest BCUT2D eigenvalue weighted by molar-refractivity contribution is 0.305. The van der Waals surface area contributed by atoms with Crippen molar-refractivity contribution in [3.63, 3.8) is 0 Å². The lowest BCUT2D eigenvalue weighted by Gasteiger charge is -2.15. The third kappa shape index (κ3) is 1.14. The summed E-state index contributed by atoms with van der Waals surface area (Å²) >= 11 is 0. The van der Waals surface area contributed by atoms with Crippen LogP contribution >= 0.6 is 7.82 Å². The Hall–Kier alpha value is -2.13. The zero-order chi connectivity index (χ0) is 12.3.